The average molecular weight is 310 g/mol. The van der Waals surface area contributed by atoms with Crippen molar-refractivity contribution in [1.29, 1.82) is 0 Å². The third-order valence-corrected chi connectivity index (χ3v) is 3.91. The molecule has 1 aliphatic rings. The SMILES string of the molecule is CC1(C)OB(/C=C/c2ccc(Br)cn2)OC1(C)C. The van der Waals surface area contributed by atoms with E-state index in [2.05, 4.69) is 20.9 Å². The molecule has 0 amide bonds. The van der Waals surface area contributed by atoms with E-state index in [1.54, 1.807) is 6.20 Å². The van der Waals surface area contributed by atoms with Gasteiger partial charge >= 0.3 is 7.12 Å². The monoisotopic (exact) mass is 309 g/mol. The first kappa shape index (κ1) is 13.8. The van der Waals surface area contributed by atoms with Gasteiger partial charge in [-0.1, -0.05) is 5.98 Å². The van der Waals surface area contributed by atoms with Gasteiger partial charge < -0.3 is 9.31 Å². The molecule has 1 aliphatic heterocycles. The molecular formula is C13H17BBrNO2. The minimum atomic E-state index is -0.319. The second-order valence-corrected chi connectivity index (χ2v) is 6.30. The van der Waals surface area contributed by atoms with Crippen molar-refractivity contribution in [3.63, 3.8) is 0 Å². The zero-order chi connectivity index (χ0) is 13.4. The van der Waals surface area contributed by atoms with Gasteiger partial charge in [-0.15, -0.1) is 0 Å². The van der Waals surface area contributed by atoms with Crippen LogP contribution in [-0.2, 0) is 9.31 Å². The first-order valence-electron chi connectivity index (χ1n) is 5.96. The maximum absolute atomic E-state index is 5.86. The smallest absolute Gasteiger partial charge is 0.400 e. The van der Waals surface area contributed by atoms with Crippen LogP contribution in [0.3, 0.4) is 0 Å². The quantitative estimate of drug-likeness (QED) is 0.784. The van der Waals surface area contributed by atoms with Crippen LogP contribution in [0.5, 0.6) is 0 Å². The summed E-state index contributed by atoms with van der Waals surface area (Å²) in [7, 11) is -0.319. The highest BCUT2D eigenvalue weighted by molar-refractivity contribution is 9.10. The van der Waals surface area contributed by atoms with E-state index in [0.29, 0.717) is 0 Å². The van der Waals surface area contributed by atoms with E-state index >= 15 is 0 Å². The van der Waals surface area contributed by atoms with Gasteiger partial charge in [-0.25, -0.2) is 0 Å². The van der Waals surface area contributed by atoms with E-state index in [9.17, 15) is 0 Å². The largest absolute Gasteiger partial charge is 0.487 e. The van der Waals surface area contributed by atoms with Gasteiger partial charge in [0.1, 0.15) is 0 Å². The number of hydrogen-bond donors (Lipinski definition) is 0. The molecule has 0 saturated carbocycles. The second kappa shape index (κ2) is 4.80. The van der Waals surface area contributed by atoms with Gasteiger partial charge in [0, 0.05) is 10.7 Å². The lowest BCUT2D eigenvalue weighted by molar-refractivity contribution is 0.00578. The van der Waals surface area contributed by atoms with E-state index in [0.717, 1.165) is 10.2 Å². The Morgan fingerprint density at radius 3 is 2.28 bits per heavy atom. The Labute approximate surface area is 117 Å². The number of hydrogen-bond acceptors (Lipinski definition) is 3. The van der Waals surface area contributed by atoms with Crippen LogP contribution < -0.4 is 0 Å². The number of nitrogens with zero attached hydrogens (tertiary/aromatic N) is 1. The average Bonchev–Trinajstić information content (AvgIpc) is 2.47. The van der Waals surface area contributed by atoms with Crippen molar-refractivity contribution < 1.29 is 9.31 Å². The minimum Gasteiger partial charge on any atom is -0.400 e. The molecular weight excluding hydrogens is 293 g/mol. The fourth-order valence-electron chi connectivity index (χ4n) is 1.63. The summed E-state index contributed by atoms with van der Waals surface area (Å²) in [6, 6.07) is 3.89. The molecule has 0 atom stereocenters. The van der Waals surface area contributed by atoms with Gasteiger partial charge in [-0.2, -0.15) is 0 Å². The lowest BCUT2D eigenvalue weighted by Crippen LogP contribution is -2.41. The Kier molecular flexibility index (Phi) is 3.67. The second-order valence-electron chi connectivity index (χ2n) is 5.39. The summed E-state index contributed by atoms with van der Waals surface area (Å²) in [4.78, 5) is 4.27. The van der Waals surface area contributed by atoms with Crippen molar-refractivity contribution in [3.05, 3.63) is 34.5 Å². The van der Waals surface area contributed by atoms with Crippen molar-refractivity contribution >= 4 is 29.1 Å². The molecule has 0 radical (unpaired) electrons. The van der Waals surface area contributed by atoms with Crippen LogP contribution in [0.25, 0.3) is 6.08 Å². The molecule has 96 valence electrons. The summed E-state index contributed by atoms with van der Waals surface area (Å²) in [5, 5.41) is 0. The van der Waals surface area contributed by atoms with Crippen molar-refractivity contribution in [2.75, 3.05) is 0 Å². The lowest BCUT2D eigenvalue weighted by Gasteiger charge is -2.32. The standard InChI is InChI=1S/C13H17BBrNO2/c1-12(2)13(3,4)18-14(17-12)8-7-11-6-5-10(15)9-16-11/h5-9H,1-4H3/b8-7+. The zero-order valence-electron chi connectivity index (χ0n) is 11.1. The molecule has 1 fully saturated rings. The Morgan fingerprint density at radius 2 is 1.78 bits per heavy atom. The first-order chi connectivity index (χ1) is 8.30. The molecule has 18 heavy (non-hydrogen) atoms. The number of pyridine rings is 1. The van der Waals surface area contributed by atoms with Gasteiger partial charge in [0.2, 0.25) is 0 Å². The van der Waals surface area contributed by atoms with Gasteiger partial charge in [0.05, 0.1) is 16.9 Å². The van der Waals surface area contributed by atoms with Crippen LogP contribution in [0.15, 0.2) is 28.8 Å². The molecule has 1 aromatic rings. The van der Waals surface area contributed by atoms with Crippen LogP contribution in [-0.4, -0.2) is 23.3 Å². The van der Waals surface area contributed by atoms with E-state index < -0.39 is 0 Å². The summed E-state index contributed by atoms with van der Waals surface area (Å²) in [6.07, 6.45) is 3.68. The normalized spacial score (nSPS) is 21.7. The van der Waals surface area contributed by atoms with Gasteiger partial charge in [0.15, 0.2) is 0 Å². The molecule has 1 saturated heterocycles. The molecule has 5 heteroatoms. The van der Waals surface area contributed by atoms with Crippen LogP contribution in [0.4, 0.5) is 0 Å². The van der Waals surface area contributed by atoms with E-state index in [1.165, 1.54) is 0 Å². The highest BCUT2D eigenvalue weighted by Gasteiger charge is 2.49. The van der Waals surface area contributed by atoms with Gasteiger partial charge in [0.25, 0.3) is 0 Å². The number of rotatable bonds is 2. The highest BCUT2D eigenvalue weighted by Crippen LogP contribution is 2.36. The van der Waals surface area contributed by atoms with Crippen molar-refractivity contribution in [2.45, 2.75) is 38.9 Å². The predicted molar refractivity (Wildman–Crippen MR) is 77.1 cm³/mol. The molecule has 0 N–H and O–H groups in total. The molecule has 0 aliphatic carbocycles. The summed E-state index contributed by atoms with van der Waals surface area (Å²) < 4.78 is 12.7. The van der Waals surface area contributed by atoms with Crippen LogP contribution in [0.1, 0.15) is 33.4 Å². The Morgan fingerprint density at radius 1 is 1.17 bits per heavy atom. The van der Waals surface area contributed by atoms with Gasteiger partial charge in [-0.05, 0) is 61.8 Å². The Bertz CT molecular complexity index is 441. The molecule has 3 nitrogen and oxygen atoms in total. The van der Waals surface area contributed by atoms with E-state index in [1.807, 2.05) is 51.9 Å². The molecule has 0 unspecified atom stereocenters. The highest BCUT2D eigenvalue weighted by atomic mass is 79.9. The minimum absolute atomic E-state index is 0.296. The molecule has 0 bridgehead atoms. The Hall–Kier alpha value is -0.645. The number of aromatic nitrogens is 1. The lowest BCUT2D eigenvalue weighted by atomic mass is 9.90. The van der Waals surface area contributed by atoms with E-state index in [4.69, 9.17) is 9.31 Å². The van der Waals surface area contributed by atoms with Crippen LogP contribution in [0.2, 0.25) is 0 Å². The van der Waals surface area contributed by atoms with Crippen molar-refractivity contribution in [2.24, 2.45) is 0 Å². The van der Waals surface area contributed by atoms with Crippen LogP contribution >= 0.6 is 15.9 Å². The summed E-state index contributed by atoms with van der Waals surface area (Å²) in [5.74, 6) is 1.90. The Balaban J connectivity index is 2.06. The zero-order valence-corrected chi connectivity index (χ0v) is 12.7. The summed E-state index contributed by atoms with van der Waals surface area (Å²) in [5.41, 5.74) is 0.289. The maximum atomic E-state index is 5.86. The van der Waals surface area contributed by atoms with Crippen molar-refractivity contribution in [1.82, 2.24) is 4.98 Å². The fraction of sp³-hybridized carbons (Fsp3) is 0.462. The van der Waals surface area contributed by atoms with Gasteiger partial charge in [-0.3, -0.25) is 4.98 Å². The molecule has 0 spiro atoms. The first-order valence-corrected chi connectivity index (χ1v) is 6.75. The van der Waals surface area contributed by atoms with Crippen molar-refractivity contribution in [3.8, 4) is 0 Å². The van der Waals surface area contributed by atoms with E-state index in [-0.39, 0.29) is 18.3 Å². The third kappa shape index (κ3) is 2.84. The predicted octanol–water partition coefficient (Wildman–Crippen LogP) is 3.49. The number of halogens is 1. The molecule has 0 aromatic carbocycles. The molecule has 1 aromatic heterocycles. The summed E-state index contributed by atoms with van der Waals surface area (Å²) in [6.45, 7) is 8.16. The summed E-state index contributed by atoms with van der Waals surface area (Å²) >= 11 is 3.36. The fourth-order valence-corrected chi connectivity index (χ4v) is 1.86. The molecule has 2 rings (SSSR count). The molecule has 2 heterocycles. The van der Waals surface area contributed by atoms with Crippen LogP contribution in [0, 0.1) is 0 Å². The third-order valence-electron chi connectivity index (χ3n) is 3.45. The maximum Gasteiger partial charge on any atom is 0.487 e. The topological polar surface area (TPSA) is 31.4 Å².